The number of fused-ring (bicyclic) bond motifs is 1. The van der Waals surface area contributed by atoms with Gasteiger partial charge in [-0.05, 0) is 41.5 Å². The fourth-order valence-corrected chi connectivity index (χ4v) is 3.22. The molecule has 4 aromatic rings. The van der Waals surface area contributed by atoms with Crippen molar-refractivity contribution in [2.75, 3.05) is 7.11 Å². The zero-order valence-corrected chi connectivity index (χ0v) is 16.5. The van der Waals surface area contributed by atoms with Crippen molar-refractivity contribution in [2.24, 2.45) is 0 Å². The number of esters is 1. The van der Waals surface area contributed by atoms with Crippen LogP contribution in [-0.4, -0.2) is 18.1 Å². The molecule has 0 amide bonds. The maximum Gasteiger partial charge on any atom is 0.309 e. The van der Waals surface area contributed by atoms with E-state index in [4.69, 9.17) is 4.74 Å². The molecule has 0 N–H and O–H groups in total. The monoisotopic (exact) mass is 401 g/mol. The molecule has 0 spiro atoms. The normalized spacial score (nSPS) is 10.7. The number of carbonyl (C=O) groups excluding carboxylic acids is 1. The Balaban J connectivity index is 1.44. The van der Waals surface area contributed by atoms with Gasteiger partial charge in [0.1, 0.15) is 18.2 Å². The minimum Gasteiger partial charge on any atom is -0.487 e. The first-order valence-corrected chi connectivity index (χ1v) is 9.55. The van der Waals surface area contributed by atoms with Crippen LogP contribution in [0.25, 0.3) is 22.0 Å². The number of hydrogen-bond acceptors (Lipinski definition) is 4. The third-order valence-electron chi connectivity index (χ3n) is 4.82. The van der Waals surface area contributed by atoms with Gasteiger partial charge in [-0.25, -0.2) is 9.37 Å². The molecule has 3 aromatic carbocycles. The van der Waals surface area contributed by atoms with Gasteiger partial charge in [-0.2, -0.15) is 0 Å². The number of nitrogens with zero attached hydrogens (tertiary/aromatic N) is 1. The fourth-order valence-electron chi connectivity index (χ4n) is 3.22. The molecule has 4 nitrogen and oxygen atoms in total. The summed E-state index contributed by atoms with van der Waals surface area (Å²) in [5, 5.41) is 1.09. The van der Waals surface area contributed by atoms with Gasteiger partial charge in [0, 0.05) is 10.9 Å². The van der Waals surface area contributed by atoms with Crippen molar-refractivity contribution in [1.29, 1.82) is 0 Å². The number of pyridine rings is 1. The van der Waals surface area contributed by atoms with Gasteiger partial charge >= 0.3 is 5.97 Å². The molecule has 0 bridgehead atoms. The Labute approximate surface area is 173 Å². The van der Waals surface area contributed by atoms with E-state index in [-0.39, 0.29) is 12.2 Å². The van der Waals surface area contributed by atoms with E-state index < -0.39 is 5.97 Å². The van der Waals surface area contributed by atoms with E-state index in [0.717, 1.165) is 22.2 Å². The second-order valence-corrected chi connectivity index (χ2v) is 6.88. The summed E-state index contributed by atoms with van der Waals surface area (Å²) in [7, 11) is 1.31. The van der Waals surface area contributed by atoms with E-state index in [1.54, 1.807) is 24.3 Å². The summed E-state index contributed by atoms with van der Waals surface area (Å²) >= 11 is 0. The van der Waals surface area contributed by atoms with Gasteiger partial charge in [-0.15, -0.1) is 0 Å². The van der Waals surface area contributed by atoms with Gasteiger partial charge < -0.3 is 9.47 Å². The standard InChI is InChI=1S/C25H20FNO3/c1-29-25(28)15-17-6-13-22(23(26)14-17)18-8-11-21(12-9-18)30-16-20-10-7-19-4-2-3-5-24(19)27-20/h2-14H,15-16H2,1H3. The van der Waals surface area contributed by atoms with Crippen molar-refractivity contribution in [3.63, 3.8) is 0 Å². The number of hydrogen-bond donors (Lipinski definition) is 0. The molecule has 5 heteroatoms. The Kier molecular flexibility index (Phi) is 5.70. The molecule has 1 aromatic heterocycles. The molecule has 0 radical (unpaired) electrons. The molecule has 0 unspecified atom stereocenters. The molecule has 0 atom stereocenters. The summed E-state index contributed by atoms with van der Waals surface area (Å²) < 4.78 is 24.9. The summed E-state index contributed by atoms with van der Waals surface area (Å²) in [6.45, 7) is 0.348. The van der Waals surface area contributed by atoms with E-state index >= 15 is 0 Å². The second-order valence-electron chi connectivity index (χ2n) is 6.88. The Morgan fingerprint density at radius 1 is 0.967 bits per heavy atom. The summed E-state index contributed by atoms with van der Waals surface area (Å²) in [6, 6.07) is 23.9. The molecule has 0 saturated carbocycles. The van der Waals surface area contributed by atoms with E-state index in [0.29, 0.717) is 23.5 Å². The molecule has 4 rings (SSSR count). The molecule has 0 aliphatic carbocycles. The molecular formula is C25H20FNO3. The molecule has 150 valence electrons. The third kappa shape index (κ3) is 4.46. The Bertz CT molecular complexity index is 1190. The van der Waals surface area contributed by atoms with Crippen molar-refractivity contribution in [1.82, 2.24) is 4.98 Å². The van der Waals surface area contributed by atoms with Crippen LogP contribution in [-0.2, 0) is 22.6 Å². The first kappa shape index (κ1) is 19.6. The van der Waals surface area contributed by atoms with Gasteiger partial charge in [0.05, 0.1) is 24.7 Å². The third-order valence-corrected chi connectivity index (χ3v) is 4.82. The predicted molar refractivity (Wildman–Crippen MR) is 114 cm³/mol. The fraction of sp³-hybridized carbons (Fsp3) is 0.120. The topological polar surface area (TPSA) is 48.4 Å². The number of aromatic nitrogens is 1. The highest BCUT2D eigenvalue weighted by molar-refractivity contribution is 5.78. The Hall–Kier alpha value is -3.73. The molecule has 0 fully saturated rings. The SMILES string of the molecule is COC(=O)Cc1ccc(-c2ccc(OCc3ccc4ccccc4n3)cc2)c(F)c1. The van der Waals surface area contributed by atoms with Crippen LogP contribution in [0.15, 0.2) is 78.9 Å². The lowest BCUT2D eigenvalue weighted by atomic mass is 10.0. The summed E-state index contributed by atoms with van der Waals surface area (Å²) in [4.78, 5) is 15.9. The minimum atomic E-state index is -0.399. The van der Waals surface area contributed by atoms with E-state index in [9.17, 15) is 9.18 Å². The maximum atomic E-state index is 14.5. The van der Waals surface area contributed by atoms with Crippen LogP contribution in [0.1, 0.15) is 11.3 Å². The van der Waals surface area contributed by atoms with E-state index in [2.05, 4.69) is 9.72 Å². The van der Waals surface area contributed by atoms with Crippen molar-refractivity contribution < 1.29 is 18.7 Å². The number of rotatable bonds is 6. The zero-order chi connectivity index (χ0) is 20.9. The van der Waals surface area contributed by atoms with Crippen molar-refractivity contribution >= 4 is 16.9 Å². The molecular weight excluding hydrogens is 381 g/mol. The summed E-state index contributed by atoms with van der Waals surface area (Å²) in [5.41, 5.74) is 3.54. The van der Waals surface area contributed by atoms with Gasteiger partial charge in [0.2, 0.25) is 0 Å². The lowest BCUT2D eigenvalue weighted by molar-refractivity contribution is -0.139. The highest BCUT2D eigenvalue weighted by Crippen LogP contribution is 2.26. The molecule has 1 heterocycles. The lowest BCUT2D eigenvalue weighted by Gasteiger charge is -2.09. The van der Waals surface area contributed by atoms with Crippen molar-refractivity contribution in [2.45, 2.75) is 13.0 Å². The smallest absolute Gasteiger partial charge is 0.309 e. The number of benzene rings is 3. The summed E-state index contributed by atoms with van der Waals surface area (Å²) in [5.74, 6) is -0.105. The number of para-hydroxylation sites is 1. The highest BCUT2D eigenvalue weighted by atomic mass is 19.1. The summed E-state index contributed by atoms with van der Waals surface area (Å²) in [6.07, 6.45) is 0.0449. The quantitative estimate of drug-likeness (QED) is 0.410. The van der Waals surface area contributed by atoms with Gasteiger partial charge in [-0.3, -0.25) is 4.79 Å². The van der Waals surface area contributed by atoms with E-state index in [1.165, 1.54) is 13.2 Å². The molecule has 0 saturated heterocycles. The lowest BCUT2D eigenvalue weighted by Crippen LogP contribution is -2.04. The molecule has 0 aliphatic rings. The number of carbonyl (C=O) groups is 1. The van der Waals surface area contributed by atoms with Crippen molar-refractivity contribution in [3.8, 4) is 16.9 Å². The van der Waals surface area contributed by atoms with Crippen LogP contribution in [0.3, 0.4) is 0 Å². The number of halogens is 1. The van der Waals surface area contributed by atoms with Crippen LogP contribution < -0.4 is 4.74 Å². The number of methoxy groups -OCH3 is 1. The predicted octanol–water partition coefficient (Wildman–Crippen LogP) is 5.34. The zero-order valence-electron chi connectivity index (χ0n) is 16.5. The highest BCUT2D eigenvalue weighted by Gasteiger charge is 2.09. The van der Waals surface area contributed by atoms with Crippen LogP contribution in [0.4, 0.5) is 4.39 Å². The number of ether oxygens (including phenoxy) is 2. The first-order valence-electron chi connectivity index (χ1n) is 9.55. The average molecular weight is 401 g/mol. The maximum absolute atomic E-state index is 14.5. The minimum absolute atomic E-state index is 0.0449. The first-order chi connectivity index (χ1) is 14.6. The van der Waals surface area contributed by atoms with Crippen LogP contribution >= 0.6 is 0 Å². The molecule has 0 aliphatic heterocycles. The van der Waals surface area contributed by atoms with Crippen LogP contribution in [0, 0.1) is 5.82 Å². The van der Waals surface area contributed by atoms with Gasteiger partial charge in [-0.1, -0.05) is 48.5 Å². The van der Waals surface area contributed by atoms with Crippen LogP contribution in [0.2, 0.25) is 0 Å². The van der Waals surface area contributed by atoms with Gasteiger partial charge in [0.25, 0.3) is 0 Å². The Morgan fingerprint density at radius 3 is 2.53 bits per heavy atom. The van der Waals surface area contributed by atoms with Crippen molar-refractivity contribution in [3.05, 3.63) is 95.9 Å². The average Bonchev–Trinajstić information content (AvgIpc) is 2.78. The largest absolute Gasteiger partial charge is 0.487 e. The molecule has 30 heavy (non-hydrogen) atoms. The van der Waals surface area contributed by atoms with Gasteiger partial charge in [0.15, 0.2) is 0 Å². The Morgan fingerprint density at radius 2 is 1.77 bits per heavy atom. The van der Waals surface area contributed by atoms with E-state index in [1.807, 2.05) is 48.5 Å². The van der Waals surface area contributed by atoms with Crippen LogP contribution in [0.5, 0.6) is 5.75 Å². The second kappa shape index (κ2) is 8.74.